The molecule has 2 aromatic carbocycles. The topological polar surface area (TPSA) is 29.9 Å². The van der Waals surface area contributed by atoms with Gasteiger partial charge in [-0.25, -0.2) is 4.68 Å². The maximum Gasteiger partial charge on any atom is 0.130 e. The number of benzene rings is 2. The van der Waals surface area contributed by atoms with Crippen LogP contribution >= 0.6 is 0 Å². The van der Waals surface area contributed by atoms with Gasteiger partial charge < -0.3 is 5.32 Å². The van der Waals surface area contributed by atoms with Crippen molar-refractivity contribution in [2.75, 3.05) is 5.32 Å². The Morgan fingerprint density at radius 3 is 2.45 bits per heavy atom. The number of para-hydroxylation sites is 1. The van der Waals surface area contributed by atoms with Crippen molar-refractivity contribution in [3.63, 3.8) is 0 Å². The van der Waals surface area contributed by atoms with Crippen molar-refractivity contribution in [2.24, 2.45) is 0 Å². The van der Waals surface area contributed by atoms with Gasteiger partial charge in [0, 0.05) is 12.6 Å². The van der Waals surface area contributed by atoms with Crippen LogP contribution in [0, 0.1) is 6.92 Å². The van der Waals surface area contributed by atoms with Crippen LogP contribution in [0.2, 0.25) is 0 Å². The zero-order valence-corrected chi connectivity index (χ0v) is 11.5. The molecule has 0 amide bonds. The first-order valence-electron chi connectivity index (χ1n) is 6.72. The number of hydrogen-bond donors (Lipinski definition) is 1. The zero-order valence-electron chi connectivity index (χ0n) is 11.5. The highest BCUT2D eigenvalue weighted by Crippen LogP contribution is 2.15. The Hall–Kier alpha value is -2.55. The minimum Gasteiger partial charge on any atom is -0.366 e. The minimum absolute atomic E-state index is 0.790. The number of aromatic nitrogens is 2. The molecule has 0 bridgehead atoms. The van der Waals surface area contributed by atoms with E-state index in [4.69, 9.17) is 0 Å². The lowest BCUT2D eigenvalue weighted by Crippen LogP contribution is -2.06. The van der Waals surface area contributed by atoms with E-state index in [1.807, 2.05) is 47.3 Å². The third-order valence-corrected chi connectivity index (χ3v) is 3.24. The summed E-state index contributed by atoms with van der Waals surface area (Å²) >= 11 is 0. The van der Waals surface area contributed by atoms with E-state index < -0.39 is 0 Å². The molecule has 0 saturated carbocycles. The fraction of sp³-hybridized carbons (Fsp3) is 0.118. The number of nitrogens with zero attached hydrogens (tertiary/aromatic N) is 2. The summed E-state index contributed by atoms with van der Waals surface area (Å²) in [6.07, 6.45) is 1.81. The fourth-order valence-corrected chi connectivity index (χ4v) is 2.11. The van der Waals surface area contributed by atoms with Crippen molar-refractivity contribution in [3.05, 3.63) is 78.0 Å². The lowest BCUT2D eigenvalue weighted by molar-refractivity contribution is 0.875. The Morgan fingerprint density at radius 2 is 1.70 bits per heavy atom. The molecule has 0 aliphatic carbocycles. The molecule has 3 aromatic rings. The molecule has 100 valence electrons. The predicted octanol–water partition coefficient (Wildman–Crippen LogP) is 3.79. The van der Waals surface area contributed by atoms with E-state index in [1.165, 1.54) is 11.1 Å². The predicted molar refractivity (Wildman–Crippen MR) is 82.1 cm³/mol. The number of hydrogen-bond acceptors (Lipinski definition) is 2. The van der Waals surface area contributed by atoms with Crippen LogP contribution < -0.4 is 5.32 Å². The molecule has 0 atom stereocenters. The van der Waals surface area contributed by atoms with Gasteiger partial charge in [0.2, 0.25) is 0 Å². The average Bonchev–Trinajstić information content (AvgIpc) is 2.96. The van der Waals surface area contributed by atoms with Crippen molar-refractivity contribution >= 4 is 5.82 Å². The minimum atomic E-state index is 0.790. The lowest BCUT2D eigenvalue weighted by atomic mass is 10.1. The number of nitrogens with one attached hydrogen (secondary N) is 1. The number of aryl methyl sites for hydroxylation is 1. The first-order chi connectivity index (χ1) is 9.83. The maximum absolute atomic E-state index is 4.37. The van der Waals surface area contributed by atoms with Gasteiger partial charge in [0.15, 0.2) is 0 Å². The molecule has 3 nitrogen and oxygen atoms in total. The van der Waals surface area contributed by atoms with Crippen LogP contribution in [0.1, 0.15) is 11.1 Å². The van der Waals surface area contributed by atoms with E-state index >= 15 is 0 Å². The molecule has 0 spiro atoms. The van der Waals surface area contributed by atoms with E-state index in [-0.39, 0.29) is 0 Å². The highest BCUT2D eigenvalue weighted by molar-refractivity contribution is 5.44. The largest absolute Gasteiger partial charge is 0.366 e. The summed E-state index contributed by atoms with van der Waals surface area (Å²) in [7, 11) is 0. The molecule has 3 heteroatoms. The second-order valence-corrected chi connectivity index (χ2v) is 4.80. The van der Waals surface area contributed by atoms with Crippen LogP contribution in [-0.4, -0.2) is 9.78 Å². The van der Waals surface area contributed by atoms with Gasteiger partial charge in [0.25, 0.3) is 0 Å². The van der Waals surface area contributed by atoms with Crippen molar-refractivity contribution in [3.8, 4) is 5.69 Å². The molecule has 0 fully saturated rings. The fourth-order valence-electron chi connectivity index (χ4n) is 2.11. The third kappa shape index (κ3) is 2.72. The highest BCUT2D eigenvalue weighted by Gasteiger charge is 2.03. The van der Waals surface area contributed by atoms with Crippen molar-refractivity contribution in [1.29, 1.82) is 0 Å². The lowest BCUT2D eigenvalue weighted by Gasteiger charge is -2.10. The van der Waals surface area contributed by atoms with Crippen LogP contribution in [0.5, 0.6) is 0 Å². The molecule has 1 N–H and O–H groups in total. The average molecular weight is 263 g/mol. The molecule has 0 unspecified atom stereocenters. The van der Waals surface area contributed by atoms with E-state index in [9.17, 15) is 0 Å². The molecule has 0 radical (unpaired) electrons. The molecular weight excluding hydrogens is 246 g/mol. The Bertz CT molecular complexity index is 669. The monoisotopic (exact) mass is 263 g/mol. The number of anilines is 1. The molecule has 20 heavy (non-hydrogen) atoms. The summed E-state index contributed by atoms with van der Waals surface area (Å²) in [5.74, 6) is 0.997. The Kier molecular flexibility index (Phi) is 3.50. The first-order valence-corrected chi connectivity index (χ1v) is 6.72. The van der Waals surface area contributed by atoms with Gasteiger partial charge >= 0.3 is 0 Å². The highest BCUT2D eigenvalue weighted by atomic mass is 15.3. The maximum atomic E-state index is 4.37. The normalized spacial score (nSPS) is 10.4. The molecular formula is C17H17N3. The van der Waals surface area contributed by atoms with Gasteiger partial charge in [-0.3, -0.25) is 0 Å². The van der Waals surface area contributed by atoms with Crippen LogP contribution in [0.4, 0.5) is 5.82 Å². The van der Waals surface area contributed by atoms with Crippen LogP contribution in [-0.2, 0) is 6.54 Å². The summed E-state index contributed by atoms with van der Waals surface area (Å²) in [4.78, 5) is 0. The third-order valence-electron chi connectivity index (χ3n) is 3.24. The van der Waals surface area contributed by atoms with Crippen LogP contribution in [0.3, 0.4) is 0 Å². The summed E-state index contributed by atoms with van der Waals surface area (Å²) in [5.41, 5.74) is 3.60. The Labute approximate surface area is 118 Å². The van der Waals surface area contributed by atoms with E-state index in [0.29, 0.717) is 0 Å². The standard InChI is InChI=1S/C17H17N3/c1-14-7-9-15(10-8-14)13-18-17-11-12-19-20(17)16-5-3-2-4-6-16/h2-12,18H,13H2,1H3. The van der Waals surface area contributed by atoms with Crippen LogP contribution in [0.25, 0.3) is 5.69 Å². The summed E-state index contributed by atoms with van der Waals surface area (Å²) in [6.45, 7) is 2.89. The molecule has 0 aliphatic rings. The molecule has 0 aliphatic heterocycles. The second kappa shape index (κ2) is 5.61. The van der Waals surface area contributed by atoms with Gasteiger partial charge in [-0.05, 0) is 24.6 Å². The van der Waals surface area contributed by atoms with Crippen molar-refractivity contribution in [1.82, 2.24) is 9.78 Å². The van der Waals surface area contributed by atoms with E-state index in [1.54, 1.807) is 0 Å². The van der Waals surface area contributed by atoms with Crippen molar-refractivity contribution in [2.45, 2.75) is 13.5 Å². The van der Waals surface area contributed by atoms with E-state index in [2.05, 4.69) is 41.6 Å². The molecule has 1 aromatic heterocycles. The summed E-state index contributed by atoms with van der Waals surface area (Å²) in [6, 6.07) is 20.7. The van der Waals surface area contributed by atoms with Gasteiger partial charge in [-0.2, -0.15) is 5.10 Å². The SMILES string of the molecule is Cc1ccc(CNc2ccnn2-c2ccccc2)cc1. The Balaban J connectivity index is 1.76. The molecule has 1 heterocycles. The molecule has 0 saturated heterocycles. The van der Waals surface area contributed by atoms with Gasteiger partial charge in [-0.15, -0.1) is 0 Å². The molecule has 3 rings (SSSR count). The second-order valence-electron chi connectivity index (χ2n) is 4.80. The van der Waals surface area contributed by atoms with Crippen LogP contribution in [0.15, 0.2) is 66.9 Å². The summed E-state index contributed by atoms with van der Waals surface area (Å²) < 4.78 is 1.91. The Morgan fingerprint density at radius 1 is 0.950 bits per heavy atom. The van der Waals surface area contributed by atoms with Gasteiger partial charge in [0.05, 0.1) is 11.9 Å². The first kappa shape index (κ1) is 12.5. The smallest absolute Gasteiger partial charge is 0.130 e. The van der Waals surface area contributed by atoms with Crippen molar-refractivity contribution < 1.29 is 0 Å². The summed E-state index contributed by atoms with van der Waals surface area (Å²) in [5, 5.41) is 7.79. The van der Waals surface area contributed by atoms with E-state index in [0.717, 1.165) is 18.1 Å². The van der Waals surface area contributed by atoms with Gasteiger partial charge in [0.1, 0.15) is 5.82 Å². The number of rotatable bonds is 4. The zero-order chi connectivity index (χ0) is 13.8. The quantitative estimate of drug-likeness (QED) is 0.776. The van der Waals surface area contributed by atoms with Gasteiger partial charge in [-0.1, -0.05) is 48.0 Å².